The molecule has 24 heavy (non-hydrogen) atoms. The Morgan fingerprint density at radius 1 is 1.33 bits per heavy atom. The van der Waals surface area contributed by atoms with Gasteiger partial charge in [-0.05, 0) is 53.5 Å². The molecule has 0 radical (unpaired) electrons. The number of hydrogen-bond donors (Lipinski definition) is 0. The molecular weight excluding hydrogens is 316 g/mol. The summed E-state index contributed by atoms with van der Waals surface area (Å²) in [4.78, 5) is 5.95. The van der Waals surface area contributed by atoms with E-state index in [0.717, 1.165) is 30.8 Å². The van der Waals surface area contributed by atoms with Crippen molar-refractivity contribution in [1.82, 2.24) is 9.55 Å². The van der Waals surface area contributed by atoms with Gasteiger partial charge in [0.05, 0.1) is 24.0 Å². The van der Waals surface area contributed by atoms with Crippen molar-refractivity contribution in [3.63, 3.8) is 0 Å². The standard InChI is InChI=1S/C20H22N2OS/c1-13(2)9-15-10-16-14(11-17(15)23-3)6-7-22-12-21-19(20(16)22)18-5-4-8-24-18/h4-5,8,10-13H,6-7,9H2,1-3H3. The quantitative estimate of drug-likeness (QED) is 0.666. The van der Waals surface area contributed by atoms with Crippen LogP contribution >= 0.6 is 11.3 Å². The van der Waals surface area contributed by atoms with Crippen molar-refractivity contribution in [1.29, 1.82) is 0 Å². The molecular formula is C20H22N2OS. The Morgan fingerprint density at radius 3 is 2.92 bits per heavy atom. The Balaban J connectivity index is 1.90. The molecule has 0 saturated carbocycles. The maximum Gasteiger partial charge on any atom is 0.122 e. The lowest BCUT2D eigenvalue weighted by Gasteiger charge is -2.22. The molecule has 1 aliphatic heterocycles. The molecule has 0 saturated heterocycles. The fraction of sp³-hybridized carbons (Fsp3) is 0.350. The van der Waals surface area contributed by atoms with E-state index in [9.17, 15) is 0 Å². The number of aromatic nitrogens is 2. The Morgan fingerprint density at radius 2 is 2.21 bits per heavy atom. The third-order valence-electron chi connectivity index (χ3n) is 4.60. The summed E-state index contributed by atoms with van der Waals surface area (Å²) < 4.78 is 7.96. The topological polar surface area (TPSA) is 27.1 Å². The first-order chi connectivity index (χ1) is 11.7. The van der Waals surface area contributed by atoms with E-state index < -0.39 is 0 Å². The number of fused-ring (bicyclic) bond motifs is 3. The van der Waals surface area contributed by atoms with Crippen LogP contribution in [0.4, 0.5) is 0 Å². The van der Waals surface area contributed by atoms with E-state index in [2.05, 4.69) is 48.1 Å². The minimum absolute atomic E-state index is 0.599. The lowest BCUT2D eigenvalue weighted by atomic mass is 9.91. The lowest BCUT2D eigenvalue weighted by Crippen LogP contribution is -2.11. The largest absolute Gasteiger partial charge is 0.496 e. The highest BCUT2D eigenvalue weighted by Gasteiger charge is 2.24. The molecule has 4 heteroatoms. The van der Waals surface area contributed by atoms with E-state index >= 15 is 0 Å². The van der Waals surface area contributed by atoms with Crippen LogP contribution in [0.2, 0.25) is 0 Å². The molecule has 0 aliphatic carbocycles. The predicted octanol–water partition coefficient (Wildman–Crippen LogP) is 5.04. The van der Waals surface area contributed by atoms with Crippen molar-refractivity contribution < 1.29 is 4.74 Å². The normalized spacial score (nSPS) is 13.0. The van der Waals surface area contributed by atoms with Gasteiger partial charge in [-0.25, -0.2) is 4.98 Å². The SMILES string of the molecule is COc1cc2c(cc1CC(C)C)-c1c(-c3cccs3)ncn1CC2. The van der Waals surface area contributed by atoms with E-state index in [-0.39, 0.29) is 0 Å². The smallest absolute Gasteiger partial charge is 0.122 e. The zero-order valence-electron chi connectivity index (χ0n) is 14.4. The van der Waals surface area contributed by atoms with Gasteiger partial charge in [-0.15, -0.1) is 11.3 Å². The van der Waals surface area contributed by atoms with E-state index in [1.807, 2.05) is 6.33 Å². The summed E-state index contributed by atoms with van der Waals surface area (Å²) in [5.41, 5.74) is 6.33. The van der Waals surface area contributed by atoms with Crippen LogP contribution in [-0.4, -0.2) is 16.7 Å². The average Bonchev–Trinajstić information content (AvgIpc) is 3.22. The summed E-state index contributed by atoms with van der Waals surface area (Å²) in [6.45, 7) is 5.48. The van der Waals surface area contributed by atoms with E-state index in [1.54, 1.807) is 18.4 Å². The third kappa shape index (κ3) is 2.55. The maximum atomic E-state index is 5.66. The third-order valence-corrected chi connectivity index (χ3v) is 5.48. The van der Waals surface area contributed by atoms with Gasteiger partial charge in [0.25, 0.3) is 0 Å². The molecule has 124 valence electrons. The molecule has 3 nitrogen and oxygen atoms in total. The summed E-state index contributed by atoms with van der Waals surface area (Å²) in [7, 11) is 1.77. The van der Waals surface area contributed by atoms with Crippen LogP contribution in [0.1, 0.15) is 25.0 Å². The van der Waals surface area contributed by atoms with Crippen molar-refractivity contribution in [3.05, 3.63) is 47.1 Å². The van der Waals surface area contributed by atoms with Crippen molar-refractivity contribution in [3.8, 4) is 27.6 Å². The summed E-state index contributed by atoms with van der Waals surface area (Å²) in [5, 5.41) is 2.11. The van der Waals surface area contributed by atoms with E-state index in [1.165, 1.54) is 27.3 Å². The molecule has 2 aromatic heterocycles. The Kier molecular flexibility index (Phi) is 3.93. The van der Waals surface area contributed by atoms with Gasteiger partial charge >= 0.3 is 0 Å². The van der Waals surface area contributed by atoms with Crippen LogP contribution in [0.3, 0.4) is 0 Å². The molecule has 4 rings (SSSR count). The molecule has 0 bridgehead atoms. The summed E-state index contributed by atoms with van der Waals surface area (Å²) in [5.74, 6) is 1.62. The maximum absolute atomic E-state index is 5.66. The van der Waals surface area contributed by atoms with Crippen LogP contribution in [-0.2, 0) is 19.4 Å². The Hall–Kier alpha value is -2.07. The molecule has 1 aliphatic rings. The van der Waals surface area contributed by atoms with Gasteiger partial charge in [0.2, 0.25) is 0 Å². The fourth-order valence-corrected chi connectivity index (χ4v) is 4.27. The first kappa shape index (κ1) is 15.5. The highest BCUT2D eigenvalue weighted by molar-refractivity contribution is 7.13. The van der Waals surface area contributed by atoms with Crippen LogP contribution in [0, 0.1) is 5.92 Å². The van der Waals surface area contributed by atoms with Gasteiger partial charge in [-0.3, -0.25) is 0 Å². The molecule has 0 spiro atoms. The first-order valence-electron chi connectivity index (χ1n) is 8.46. The molecule has 0 atom stereocenters. The first-order valence-corrected chi connectivity index (χ1v) is 9.34. The number of rotatable bonds is 4. The predicted molar refractivity (Wildman–Crippen MR) is 99.8 cm³/mol. The molecule has 1 aromatic carbocycles. The molecule has 3 aromatic rings. The number of nitrogens with zero attached hydrogens (tertiary/aromatic N) is 2. The molecule has 0 N–H and O–H groups in total. The summed E-state index contributed by atoms with van der Waals surface area (Å²) in [6.07, 6.45) is 4.04. The molecule has 3 heterocycles. The second kappa shape index (κ2) is 6.10. The highest BCUT2D eigenvalue weighted by atomic mass is 32.1. The summed E-state index contributed by atoms with van der Waals surface area (Å²) in [6, 6.07) is 8.81. The molecule has 0 fully saturated rings. The van der Waals surface area contributed by atoms with E-state index in [4.69, 9.17) is 9.72 Å². The number of methoxy groups -OCH3 is 1. The van der Waals surface area contributed by atoms with Gasteiger partial charge in [0.15, 0.2) is 0 Å². The van der Waals surface area contributed by atoms with Gasteiger partial charge in [-0.1, -0.05) is 19.9 Å². The zero-order valence-corrected chi connectivity index (χ0v) is 15.2. The van der Waals surface area contributed by atoms with Crippen molar-refractivity contribution in [2.45, 2.75) is 33.2 Å². The van der Waals surface area contributed by atoms with Gasteiger partial charge < -0.3 is 9.30 Å². The number of imidazole rings is 1. The number of aryl methyl sites for hydroxylation is 2. The summed E-state index contributed by atoms with van der Waals surface area (Å²) >= 11 is 1.75. The van der Waals surface area contributed by atoms with Crippen LogP contribution in [0.25, 0.3) is 21.8 Å². The highest BCUT2D eigenvalue weighted by Crippen LogP contribution is 2.41. The van der Waals surface area contributed by atoms with Crippen LogP contribution in [0.15, 0.2) is 36.0 Å². The second-order valence-electron chi connectivity index (χ2n) is 6.78. The zero-order chi connectivity index (χ0) is 16.7. The van der Waals surface area contributed by atoms with Crippen molar-refractivity contribution in [2.75, 3.05) is 7.11 Å². The van der Waals surface area contributed by atoms with E-state index in [0.29, 0.717) is 5.92 Å². The fourth-order valence-electron chi connectivity index (χ4n) is 3.55. The Bertz CT molecular complexity index is 862. The number of ether oxygens (including phenoxy) is 1. The lowest BCUT2D eigenvalue weighted by molar-refractivity contribution is 0.406. The monoisotopic (exact) mass is 338 g/mol. The second-order valence-corrected chi connectivity index (χ2v) is 7.73. The van der Waals surface area contributed by atoms with Crippen LogP contribution in [0.5, 0.6) is 5.75 Å². The van der Waals surface area contributed by atoms with Crippen molar-refractivity contribution >= 4 is 11.3 Å². The van der Waals surface area contributed by atoms with Gasteiger partial charge in [0, 0.05) is 12.1 Å². The van der Waals surface area contributed by atoms with Crippen LogP contribution < -0.4 is 4.74 Å². The van der Waals surface area contributed by atoms with Gasteiger partial charge in [-0.2, -0.15) is 0 Å². The van der Waals surface area contributed by atoms with Gasteiger partial charge in [0.1, 0.15) is 11.4 Å². The number of benzene rings is 1. The molecule has 0 unspecified atom stereocenters. The number of thiophene rings is 1. The molecule has 0 amide bonds. The average molecular weight is 338 g/mol. The number of hydrogen-bond acceptors (Lipinski definition) is 3. The minimum atomic E-state index is 0.599. The Labute approximate surface area is 146 Å². The van der Waals surface area contributed by atoms with Crippen molar-refractivity contribution in [2.24, 2.45) is 5.92 Å². The minimum Gasteiger partial charge on any atom is -0.496 e.